The molecule has 3 rings (SSSR count). The minimum Gasteiger partial charge on any atom is -0.372 e. The lowest BCUT2D eigenvalue weighted by molar-refractivity contribution is -0.128. The van der Waals surface area contributed by atoms with Gasteiger partial charge in [0.25, 0.3) is 0 Å². The predicted octanol–water partition coefficient (Wildman–Crippen LogP) is 2.31. The molecule has 0 saturated carbocycles. The van der Waals surface area contributed by atoms with E-state index in [2.05, 4.69) is 16.4 Å². The summed E-state index contributed by atoms with van der Waals surface area (Å²) in [6, 6.07) is 9.53. The molecule has 1 saturated heterocycles. The van der Waals surface area contributed by atoms with Crippen LogP contribution in [0.25, 0.3) is 0 Å². The number of anilines is 1. The average molecular weight is 310 g/mol. The van der Waals surface area contributed by atoms with Crippen molar-refractivity contribution in [3.05, 3.63) is 59.7 Å². The molecule has 2 aromatic rings. The largest absolute Gasteiger partial charge is 0.372 e. The van der Waals surface area contributed by atoms with Crippen molar-refractivity contribution < 1.29 is 9.18 Å². The van der Waals surface area contributed by atoms with Gasteiger partial charge < -0.3 is 10.2 Å². The molecule has 0 aliphatic carbocycles. The third kappa shape index (κ3) is 3.29. The summed E-state index contributed by atoms with van der Waals surface area (Å²) < 4.78 is 12.9. The maximum atomic E-state index is 12.9. The van der Waals surface area contributed by atoms with Gasteiger partial charge in [-0.3, -0.25) is 9.78 Å². The first-order valence-electron chi connectivity index (χ1n) is 7.31. The molecular formula is C17H15FN4O. The Kier molecular flexibility index (Phi) is 4.20. The Balaban J connectivity index is 1.67. The van der Waals surface area contributed by atoms with Crippen LogP contribution in [0.2, 0.25) is 0 Å². The lowest BCUT2D eigenvalue weighted by atomic mass is 10.2. The molecule has 0 spiro atoms. The maximum Gasteiger partial charge on any atom is 0.245 e. The van der Waals surface area contributed by atoms with Gasteiger partial charge in [-0.25, -0.2) is 4.39 Å². The molecule has 1 N–H and O–H groups in total. The van der Waals surface area contributed by atoms with E-state index in [4.69, 9.17) is 5.26 Å². The number of nitrogens with zero attached hydrogens (tertiary/aromatic N) is 3. The minimum absolute atomic E-state index is 0.0185. The SMILES string of the molecule is N#Cc1cnccc1NC1CCN(Cc2ccc(F)cc2)C1=O. The fraction of sp³-hybridized carbons (Fsp3) is 0.235. The van der Waals surface area contributed by atoms with Gasteiger partial charge >= 0.3 is 0 Å². The van der Waals surface area contributed by atoms with Crippen LogP contribution in [0.15, 0.2) is 42.7 Å². The number of pyridine rings is 1. The topological polar surface area (TPSA) is 69.0 Å². The summed E-state index contributed by atoms with van der Waals surface area (Å²) >= 11 is 0. The van der Waals surface area contributed by atoms with Gasteiger partial charge in [0, 0.05) is 25.5 Å². The number of aromatic nitrogens is 1. The second-order valence-electron chi connectivity index (χ2n) is 5.40. The van der Waals surface area contributed by atoms with E-state index in [1.807, 2.05) is 0 Å². The zero-order chi connectivity index (χ0) is 16.2. The quantitative estimate of drug-likeness (QED) is 0.941. The molecule has 6 heteroatoms. The van der Waals surface area contributed by atoms with Gasteiger partial charge in [0.2, 0.25) is 5.91 Å². The smallest absolute Gasteiger partial charge is 0.245 e. The van der Waals surface area contributed by atoms with Crippen molar-refractivity contribution in [1.29, 1.82) is 5.26 Å². The van der Waals surface area contributed by atoms with Gasteiger partial charge in [-0.1, -0.05) is 12.1 Å². The van der Waals surface area contributed by atoms with Crippen LogP contribution in [-0.4, -0.2) is 28.4 Å². The summed E-state index contributed by atoms with van der Waals surface area (Å²) in [6.45, 7) is 1.08. The molecule has 2 heterocycles. The van der Waals surface area contributed by atoms with Crippen LogP contribution >= 0.6 is 0 Å². The van der Waals surface area contributed by atoms with E-state index in [0.717, 1.165) is 5.56 Å². The summed E-state index contributed by atoms with van der Waals surface area (Å²) in [5, 5.41) is 12.2. The van der Waals surface area contributed by atoms with Gasteiger partial charge in [0.15, 0.2) is 0 Å². The molecule has 1 aromatic carbocycles. The molecule has 1 aliphatic heterocycles. The van der Waals surface area contributed by atoms with Gasteiger partial charge in [-0.05, 0) is 30.2 Å². The number of benzene rings is 1. The highest BCUT2D eigenvalue weighted by Gasteiger charge is 2.31. The average Bonchev–Trinajstić information content (AvgIpc) is 2.91. The van der Waals surface area contributed by atoms with Gasteiger partial charge in [0.05, 0.1) is 11.3 Å². The summed E-state index contributed by atoms with van der Waals surface area (Å²) in [5.74, 6) is -0.308. The molecule has 0 radical (unpaired) electrons. The van der Waals surface area contributed by atoms with Crippen molar-refractivity contribution in [3.8, 4) is 6.07 Å². The molecule has 1 aromatic heterocycles. The van der Waals surface area contributed by atoms with Crippen molar-refractivity contribution in [2.75, 3.05) is 11.9 Å². The van der Waals surface area contributed by atoms with Crippen LogP contribution in [0.1, 0.15) is 17.5 Å². The van der Waals surface area contributed by atoms with E-state index in [9.17, 15) is 9.18 Å². The number of hydrogen-bond acceptors (Lipinski definition) is 4. The molecule has 0 bridgehead atoms. The molecule has 1 amide bonds. The number of nitriles is 1. The van der Waals surface area contributed by atoms with Gasteiger partial charge in [0.1, 0.15) is 17.9 Å². The number of hydrogen-bond donors (Lipinski definition) is 1. The normalized spacial score (nSPS) is 17.1. The van der Waals surface area contributed by atoms with Crippen molar-refractivity contribution in [1.82, 2.24) is 9.88 Å². The third-order valence-corrected chi connectivity index (χ3v) is 3.86. The van der Waals surface area contributed by atoms with E-state index >= 15 is 0 Å². The van der Waals surface area contributed by atoms with Crippen LogP contribution in [-0.2, 0) is 11.3 Å². The highest BCUT2D eigenvalue weighted by atomic mass is 19.1. The van der Waals surface area contributed by atoms with Crippen LogP contribution in [0, 0.1) is 17.1 Å². The van der Waals surface area contributed by atoms with E-state index in [1.165, 1.54) is 18.3 Å². The predicted molar refractivity (Wildman–Crippen MR) is 82.8 cm³/mol. The third-order valence-electron chi connectivity index (χ3n) is 3.86. The molecular weight excluding hydrogens is 295 g/mol. The van der Waals surface area contributed by atoms with Crippen molar-refractivity contribution in [3.63, 3.8) is 0 Å². The highest BCUT2D eigenvalue weighted by Crippen LogP contribution is 2.21. The van der Waals surface area contributed by atoms with Crippen molar-refractivity contribution >= 4 is 11.6 Å². The molecule has 1 fully saturated rings. The first kappa shape index (κ1) is 15.0. The lowest BCUT2D eigenvalue weighted by Gasteiger charge is -2.18. The van der Waals surface area contributed by atoms with Gasteiger partial charge in [-0.2, -0.15) is 5.26 Å². The van der Waals surface area contributed by atoms with Crippen LogP contribution in [0.5, 0.6) is 0 Å². The first-order chi connectivity index (χ1) is 11.2. The Bertz CT molecular complexity index is 754. The summed E-state index contributed by atoms with van der Waals surface area (Å²) in [7, 11) is 0. The standard InChI is InChI=1S/C17H15FN4O/c18-14-3-1-12(2-4-14)11-22-8-6-16(17(22)23)21-15-5-7-20-10-13(15)9-19/h1-5,7,10,16H,6,8,11H2,(H,20,21). The fourth-order valence-electron chi connectivity index (χ4n) is 2.64. The van der Waals surface area contributed by atoms with E-state index in [0.29, 0.717) is 30.8 Å². The number of nitrogens with one attached hydrogen (secondary N) is 1. The number of likely N-dealkylation sites (tertiary alicyclic amines) is 1. The summed E-state index contributed by atoms with van der Waals surface area (Å²) in [4.78, 5) is 18.1. The molecule has 23 heavy (non-hydrogen) atoms. The van der Waals surface area contributed by atoms with Gasteiger partial charge in [-0.15, -0.1) is 0 Å². The zero-order valence-electron chi connectivity index (χ0n) is 12.4. The maximum absolute atomic E-state index is 12.9. The van der Waals surface area contributed by atoms with Crippen molar-refractivity contribution in [2.45, 2.75) is 19.0 Å². The van der Waals surface area contributed by atoms with Crippen LogP contribution in [0.3, 0.4) is 0 Å². The highest BCUT2D eigenvalue weighted by molar-refractivity contribution is 5.87. The Morgan fingerprint density at radius 1 is 1.35 bits per heavy atom. The Hall–Kier alpha value is -2.94. The number of amides is 1. The monoisotopic (exact) mass is 310 g/mol. The Morgan fingerprint density at radius 3 is 2.87 bits per heavy atom. The summed E-state index contributed by atoms with van der Waals surface area (Å²) in [5.41, 5.74) is 1.92. The molecule has 1 atom stereocenters. The molecule has 1 unspecified atom stereocenters. The number of carbonyl (C=O) groups is 1. The number of halogens is 1. The molecule has 116 valence electrons. The molecule has 1 aliphatic rings. The lowest BCUT2D eigenvalue weighted by Crippen LogP contribution is -2.33. The van der Waals surface area contributed by atoms with Crippen molar-refractivity contribution in [2.24, 2.45) is 0 Å². The Morgan fingerprint density at radius 2 is 2.13 bits per heavy atom. The zero-order valence-corrected chi connectivity index (χ0v) is 12.4. The fourth-order valence-corrected chi connectivity index (χ4v) is 2.64. The minimum atomic E-state index is -0.357. The van der Waals surface area contributed by atoms with E-state index < -0.39 is 0 Å². The van der Waals surface area contributed by atoms with Crippen LogP contribution in [0.4, 0.5) is 10.1 Å². The Labute approximate surface area is 133 Å². The van der Waals surface area contributed by atoms with E-state index in [-0.39, 0.29) is 17.8 Å². The van der Waals surface area contributed by atoms with E-state index in [1.54, 1.807) is 29.3 Å². The second kappa shape index (κ2) is 6.44. The van der Waals surface area contributed by atoms with Crippen LogP contribution < -0.4 is 5.32 Å². The summed E-state index contributed by atoms with van der Waals surface area (Å²) in [6.07, 6.45) is 3.71. The first-order valence-corrected chi connectivity index (χ1v) is 7.31. The second-order valence-corrected chi connectivity index (χ2v) is 5.40. The number of carbonyl (C=O) groups excluding carboxylic acids is 1. The molecule has 5 nitrogen and oxygen atoms in total. The number of rotatable bonds is 4.